The van der Waals surface area contributed by atoms with Crippen molar-refractivity contribution in [3.63, 3.8) is 0 Å². The van der Waals surface area contributed by atoms with Crippen LogP contribution in [0.25, 0.3) is 0 Å². The molecule has 5 heteroatoms. The molecule has 0 fully saturated rings. The summed E-state index contributed by atoms with van der Waals surface area (Å²) < 4.78 is 5.26. The van der Waals surface area contributed by atoms with E-state index in [1.165, 1.54) is 12.1 Å². The molecule has 0 aliphatic carbocycles. The first-order valence-corrected chi connectivity index (χ1v) is 6.79. The molecule has 2 aromatic heterocycles. The third-order valence-corrected chi connectivity index (χ3v) is 2.95. The average molecular weight is 286 g/mol. The fourth-order valence-corrected chi connectivity index (χ4v) is 2.09. The van der Waals surface area contributed by atoms with E-state index in [4.69, 9.17) is 4.42 Å². The summed E-state index contributed by atoms with van der Waals surface area (Å²) in [5, 5.41) is 2.81. The van der Waals surface area contributed by atoms with Gasteiger partial charge in [-0.05, 0) is 32.9 Å². The number of carbonyl (C=O) groups excluding carboxylic acids is 1. The molecule has 0 saturated heterocycles. The standard InChI is InChI=1S/C16H18N2O3/c1-10-5-4-6-13(17-10)7-11(2)18-16(20)15-9-14(19)8-12(3)21-15/h4-6,8-9,11H,7H2,1-3H3,(H,18,20). The predicted octanol–water partition coefficient (Wildman–Crippen LogP) is 2.01. The van der Waals surface area contributed by atoms with Gasteiger partial charge in [0, 0.05) is 36.0 Å². The van der Waals surface area contributed by atoms with Crippen LogP contribution < -0.4 is 10.7 Å². The minimum absolute atomic E-state index is 0.0315. The molecule has 1 atom stereocenters. The van der Waals surface area contributed by atoms with Crippen molar-refractivity contribution >= 4 is 5.91 Å². The van der Waals surface area contributed by atoms with E-state index in [0.29, 0.717) is 12.2 Å². The monoisotopic (exact) mass is 286 g/mol. The molecule has 0 radical (unpaired) electrons. The van der Waals surface area contributed by atoms with Crippen molar-refractivity contribution in [3.05, 3.63) is 63.5 Å². The number of pyridine rings is 1. The van der Waals surface area contributed by atoms with Crippen LogP contribution in [0.5, 0.6) is 0 Å². The van der Waals surface area contributed by atoms with Crippen LogP contribution >= 0.6 is 0 Å². The Balaban J connectivity index is 2.03. The number of hydrogen-bond donors (Lipinski definition) is 1. The Hall–Kier alpha value is -2.43. The Kier molecular flexibility index (Phi) is 4.52. The van der Waals surface area contributed by atoms with E-state index < -0.39 is 5.91 Å². The van der Waals surface area contributed by atoms with Crippen LogP contribution in [0, 0.1) is 13.8 Å². The van der Waals surface area contributed by atoms with E-state index in [-0.39, 0.29) is 17.2 Å². The Bertz CT molecular complexity index is 707. The van der Waals surface area contributed by atoms with Crippen LogP contribution in [-0.4, -0.2) is 16.9 Å². The third-order valence-electron chi connectivity index (χ3n) is 2.95. The van der Waals surface area contributed by atoms with Crippen LogP contribution in [0.15, 0.2) is 39.5 Å². The van der Waals surface area contributed by atoms with Gasteiger partial charge in [0.2, 0.25) is 0 Å². The first-order chi connectivity index (χ1) is 9.94. The van der Waals surface area contributed by atoms with Crippen molar-refractivity contribution in [2.24, 2.45) is 0 Å². The van der Waals surface area contributed by atoms with Gasteiger partial charge >= 0.3 is 0 Å². The van der Waals surface area contributed by atoms with Crippen molar-refractivity contribution < 1.29 is 9.21 Å². The summed E-state index contributed by atoms with van der Waals surface area (Å²) in [7, 11) is 0. The molecule has 0 aromatic carbocycles. The fourth-order valence-electron chi connectivity index (χ4n) is 2.09. The van der Waals surface area contributed by atoms with Gasteiger partial charge in [0.15, 0.2) is 11.2 Å². The van der Waals surface area contributed by atoms with Gasteiger partial charge in [-0.2, -0.15) is 0 Å². The predicted molar refractivity (Wildman–Crippen MR) is 79.3 cm³/mol. The lowest BCUT2D eigenvalue weighted by Crippen LogP contribution is -2.34. The number of aromatic nitrogens is 1. The summed E-state index contributed by atoms with van der Waals surface area (Å²) in [4.78, 5) is 27.8. The van der Waals surface area contributed by atoms with Crippen LogP contribution in [0.4, 0.5) is 0 Å². The normalized spacial score (nSPS) is 12.0. The Morgan fingerprint density at radius 2 is 2.10 bits per heavy atom. The highest BCUT2D eigenvalue weighted by atomic mass is 16.3. The van der Waals surface area contributed by atoms with Gasteiger partial charge in [0.25, 0.3) is 5.91 Å². The quantitative estimate of drug-likeness (QED) is 0.933. The molecule has 21 heavy (non-hydrogen) atoms. The molecule has 1 unspecified atom stereocenters. The molecule has 5 nitrogen and oxygen atoms in total. The highest BCUT2D eigenvalue weighted by Gasteiger charge is 2.14. The number of nitrogens with one attached hydrogen (secondary N) is 1. The van der Waals surface area contributed by atoms with E-state index in [9.17, 15) is 9.59 Å². The lowest BCUT2D eigenvalue weighted by atomic mass is 10.1. The molecular formula is C16H18N2O3. The highest BCUT2D eigenvalue weighted by Crippen LogP contribution is 2.04. The molecule has 0 bridgehead atoms. The summed E-state index contributed by atoms with van der Waals surface area (Å²) >= 11 is 0. The Labute approximate surface area is 123 Å². The molecule has 0 aliphatic rings. The first-order valence-electron chi connectivity index (χ1n) is 6.79. The number of carbonyl (C=O) groups is 1. The summed E-state index contributed by atoms with van der Waals surface area (Å²) in [5.74, 6) is 0.0562. The van der Waals surface area contributed by atoms with E-state index in [0.717, 1.165) is 11.4 Å². The Morgan fingerprint density at radius 3 is 2.76 bits per heavy atom. The molecule has 0 spiro atoms. The molecule has 0 saturated carbocycles. The number of amides is 1. The summed E-state index contributed by atoms with van der Waals surface area (Å²) in [6, 6.07) is 8.21. The molecule has 110 valence electrons. The van der Waals surface area contributed by atoms with Crippen LogP contribution in [0.2, 0.25) is 0 Å². The summed E-state index contributed by atoms with van der Waals surface area (Å²) in [5.41, 5.74) is 1.61. The van der Waals surface area contributed by atoms with Crippen LogP contribution in [0.1, 0.15) is 34.6 Å². The molecule has 2 heterocycles. The second-order valence-electron chi connectivity index (χ2n) is 5.12. The number of nitrogens with zero attached hydrogens (tertiary/aromatic N) is 1. The van der Waals surface area contributed by atoms with Gasteiger partial charge in [-0.1, -0.05) is 6.07 Å². The average Bonchev–Trinajstić information content (AvgIpc) is 2.37. The smallest absolute Gasteiger partial charge is 0.287 e. The zero-order valence-electron chi connectivity index (χ0n) is 12.3. The molecule has 2 aromatic rings. The van der Waals surface area contributed by atoms with Crippen molar-refractivity contribution in [2.75, 3.05) is 0 Å². The maximum Gasteiger partial charge on any atom is 0.287 e. The van der Waals surface area contributed by atoms with Gasteiger partial charge in [0.1, 0.15) is 5.76 Å². The van der Waals surface area contributed by atoms with Crippen LogP contribution in [-0.2, 0) is 6.42 Å². The highest BCUT2D eigenvalue weighted by molar-refractivity contribution is 5.91. The topological polar surface area (TPSA) is 72.2 Å². The van der Waals surface area contributed by atoms with Gasteiger partial charge in [-0.3, -0.25) is 14.6 Å². The molecule has 1 N–H and O–H groups in total. The SMILES string of the molecule is Cc1cccc(CC(C)NC(=O)c2cc(=O)cc(C)o2)n1. The molecular weight excluding hydrogens is 268 g/mol. The zero-order chi connectivity index (χ0) is 15.4. The number of aryl methyl sites for hydroxylation is 2. The minimum atomic E-state index is -0.393. The zero-order valence-corrected chi connectivity index (χ0v) is 12.3. The summed E-state index contributed by atoms with van der Waals surface area (Å²) in [6.07, 6.45) is 0.615. The first kappa shape index (κ1) is 15.0. The van der Waals surface area contributed by atoms with E-state index in [2.05, 4.69) is 10.3 Å². The van der Waals surface area contributed by atoms with Crippen molar-refractivity contribution in [1.29, 1.82) is 0 Å². The van der Waals surface area contributed by atoms with Crippen LogP contribution in [0.3, 0.4) is 0 Å². The van der Waals surface area contributed by atoms with Gasteiger partial charge in [-0.15, -0.1) is 0 Å². The minimum Gasteiger partial charge on any atom is -0.456 e. The molecule has 2 rings (SSSR count). The van der Waals surface area contributed by atoms with Crippen molar-refractivity contribution in [1.82, 2.24) is 10.3 Å². The number of rotatable bonds is 4. The Morgan fingerprint density at radius 1 is 1.33 bits per heavy atom. The largest absolute Gasteiger partial charge is 0.456 e. The van der Waals surface area contributed by atoms with Gasteiger partial charge in [0.05, 0.1) is 0 Å². The van der Waals surface area contributed by atoms with E-state index >= 15 is 0 Å². The second-order valence-corrected chi connectivity index (χ2v) is 5.12. The third kappa shape index (κ3) is 4.27. The maximum atomic E-state index is 12.1. The van der Waals surface area contributed by atoms with E-state index in [1.54, 1.807) is 6.92 Å². The lowest BCUT2D eigenvalue weighted by molar-refractivity contribution is 0.0907. The lowest BCUT2D eigenvalue weighted by Gasteiger charge is -2.13. The number of hydrogen-bond acceptors (Lipinski definition) is 4. The van der Waals surface area contributed by atoms with Crippen molar-refractivity contribution in [3.8, 4) is 0 Å². The molecule has 1 amide bonds. The van der Waals surface area contributed by atoms with Gasteiger partial charge < -0.3 is 9.73 Å². The van der Waals surface area contributed by atoms with Crippen molar-refractivity contribution in [2.45, 2.75) is 33.2 Å². The second kappa shape index (κ2) is 6.35. The summed E-state index contributed by atoms with van der Waals surface area (Å²) in [6.45, 7) is 5.45. The molecule has 0 aliphatic heterocycles. The fraction of sp³-hybridized carbons (Fsp3) is 0.312. The maximum absolute atomic E-state index is 12.1. The van der Waals surface area contributed by atoms with Gasteiger partial charge in [-0.25, -0.2) is 0 Å². The van der Waals surface area contributed by atoms with E-state index in [1.807, 2.05) is 32.0 Å².